The number of hydrogen-bond donors (Lipinski definition) is 1. The molecule has 0 aliphatic heterocycles. The van der Waals surface area contributed by atoms with Crippen molar-refractivity contribution in [1.29, 1.82) is 5.26 Å². The first-order valence-corrected chi connectivity index (χ1v) is 3.10. The third-order valence-electron chi connectivity index (χ3n) is 0.931. The van der Waals surface area contributed by atoms with Crippen molar-refractivity contribution in [3.8, 4) is 6.07 Å². The van der Waals surface area contributed by atoms with E-state index >= 15 is 0 Å². The Bertz CT molecular complexity index is 102. The maximum Gasteiger partial charge on any atom is 0.0622 e. The van der Waals surface area contributed by atoms with Gasteiger partial charge in [0.05, 0.1) is 6.07 Å². The summed E-state index contributed by atoms with van der Waals surface area (Å²) < 4.78 is 0. The molecule has 0 aliphatic carbocycles. The fraction of sp³-hybridized carbons (Fsp3) is 0.571. The van der Waals surface area contributed by atoms with Crippen LogP contribution >= 0.6 is 0 Å². The van der Waals surface area contributed by atoms with Crippen molar-refractivity contribution < 1.29 is 0 Å². The van der Waals surface area contributed by atoms with E-state index in [1.165, 1.54) is 0 Å². The summed E-state index contributed by atoms with van der Waals surface area (Å²) in [5.41, 5.74) is 0. The van der Waals surface area contributed by atoms with Gasteiger partial charge >= 0.3 is 0 Å². The van der Waals surface area contributed by atoms with Crippen LogP contribution in [0.1, 0.15) is 12.8 Å². The summed E-state index contributed by atoms with van der Waals surface area (Å²) in [6.45, 7) is 5.31. The topological polar surface area (TPSA) is 35.8 Å². The third kappa shape index (κ3) is 7.19. The minimum Gasteiger partial charge on any atom is -0.313 e. The van der Waals surface area contributed by atoms with Crippen molar-refractivity contribution in [2.75, 3.05) is 13.1 Å². The second-order valence-corrected chi connectivity index (χ2v) is 1.75. The van der Waals surface area contributed by atoms with E-state index in [9.17, 15) is 0 Å². The zero-order chi connectivity index (χ0) is 6.95. The normalized spacial score (nSPS) is 8.33. The third-order valence-corrected chi connectivity index (χ3v) is 0.931. The molecule has 0 aromatic rings. The van der Waals surface area contributed by atoms with Crippen molar-refractivity contribution in [3.63, 3.8) is 0 Å². The lowest BCUT2D eigenvalue weighted by Crippen LogP contribution is -2.14. The predicted octanol–water partition coefficient (Wildman–Crippen LogP) is 1.07. The molecule has 0 aromatic carbocycles. The van der Waals surface area contributed by atoms with Gasteiger partial charge in [-0.1, -0.05) is 6.08 Å². The van der Waals surface area contributed by atoms with Crippen LogP contribution in [0.15, 0.2) is 12.7 Å². The Hall–Kier alpha value is -0.810. The van der Waals surface area contributed by atoms with Crippen molar-refractivity contribution in [3.05, 3.63) is 12.7 Å². The van der Waals surface area contributed by atoms with Gasteiger partial charge in [-0.05, 0) is 13.0 Å². The van der Waals surface area contributed by atoms with Gasteiger partial charge in [0.15, 0.2) is 0 Å². The molecule has 0 aliphatic rings. The first-order valence-electron chi connectivity index (χ1n) is 3.10. The first kappa shape index (κ1) is 8.19. The van der Waals surface area contributed by atoms with Crippen LogP contribution < -0.4 is 5.32 Å². The molecular weight excluding hydrogens is 112 g/mol. The molecule has 0 radical (unpaired) electrons. The largest absolute Gasteiger partial charge is 0.313 e. The number of nitriles is 1. The second-order valence-electron chi connectivity index (χ2n) is 1.75. The Morgan fingerprint density at radius 3 is 3.00 bits per heavy atom. The van der Waals surface area contributed by atoms with Gasteiger partial charge < -0.3 is 5.32 Å². The summed E-state index contributed by atoms with van der Waals surface area (Å²) in [7, 11) is 0. The molecule has 0 saturated heterocycles. The molecule has 0 unspecified atom stereocenters. The smallest absolute Gasteiger partial charge is 0.0622 e. The van der Waals surface area contributed by atoms with E-state index in [0.29, 0.717) is 6.42 Å². The van der Waals surface area contributed by atoms with Gasteiger partial charge in [-0.15, -0.1) is 6.58 Å². The molecule has 0 spiro atoms. The maximum atomic E-state index is 8.12. The molecule has 9 heavy (non-hydrogen) atoms. The molecule has 0 saturated carbocycles. The van der Waals surface area contributed by atoms with Crippen LogP contribution in [0.25, 0.3) is 0 Å². The molecule has 1 N–H and O–H groups in total. The molecule has 50 valence electrons. The molecule has 0 amide bonds. The Morgan fingerprint density at radius 2 is 2.44 bits per heavy atom. The summed E-state index contributed by atoms with van der Waals surface area (Å²) in [5.74, 6) is 0. The lowest BCUT2D eigenvalue weighted by atomic mass is 10.3. The van der Waals surface area contributed by atoms with Crippen LogP contribution in [0, 0.1) is 11.3 Å². The van der Waals surface area contributed by atoms with Crippen molar-refractivity contribution in [2.24, 2.45) is 0 Å². The van der Waals surface area contributed by atoms with Gasteiger partial charge in [-0.3, -0.25) is 0 Å². The SMILES string of the molecule is C=CCNCCCC#N. The summed E-state index contributed by atoms with van der Waals surface area (Å²) in [5, 5.41) is 11.2. The van der Waals surface area contributed by atoms with E-state index in [2.05, 4.69) is 18.0 Å². The van der Waals surface area contributed by atoms with E-state index in [-0.39, 0.29) is 0 Å². The van der Waals surface area contributed by atoms with Gasteiger partial charge in [0.1, 0.15) is 0 Å². The molecule has 0 fully saturated rings. The fourth-order valence-corrected chi connectivity index (χ4v) is 0.497. The van der Waals surface area contributed by atoms with Crippen LogP contribution in [-0.2, 0) is 0 Å². The summed E-state index contributed by atoms with van der Waals surface area (Å²) >= 11 is 0. The number of rotatable bonds is 5. The first-order chi connectivity index (χ1) is 4.41. The summed E-state index contributed by atoms with van der Waals surface area (Å²) in [6, 6.07) is 2.08. The van der Waals surface area contributed by atoms with E-state index in [1.54, 1.807) is 0 Å². The van der Waals surface area contributed by atoms with Gasteiger partial charge in [0, 0.05) is 13.0 Å². The van der Waals surface area contributed by atoms with Gasteiger partial charge in [-0.2, -0.15) is 5.26 Å². The highest BCUT2D eigenvalue weighted by molar-refractivity contribution is 4.72. The van der Waals surface area contributed by atoms with Crippen LogP contribution in [0.5, 0.6) is 0 Å². The maximum absolute atomic E-state index is 8.12. The van der Waals surface area contributed by atoms with Crippen molar-refractivity contribution in [1.82, 2.24) is 5.32 Å². The highest BCUT2D eigenvalue weighted by Gasteiger charge is 1.82. The van der Waals surface area contributed by atoms with Crippen LogP contribution in [0.3, 0.4) is 0 Å². The molecule has 2 nitrogen and oxygen atoms in total. The van der Waals surface area contributed by atoms with Crippen molar-refractivity contribution >= 4 is 0 Å². The number of hydrogen-bond acceptors (Lipinski definition) is 2. The molecule has 0 bridgehead atoms. The van der Waals surface area contributed by atoms with Crippen LogP contribution in [0.2, 0.25) is 0 Å². The predicted molar refractivity (Wildman–Crippen MR) is 37.9 cm³/mol. The lowest BCUT2D eigenvalue weighted by molar-refractivity contribution is 0.704. The average Bonchev–Trinajstić information content (AvgIpc) is 1.89. The quantitative estimate of drug-likeness (QED) is 0.439. The highest BCUT2D eigenvalue weighted by Crippen LogP contribution is 1.81. The van der Waals surface area contributed by atoms with E-state index in [0.717, 1.165) is 19.5 Å². The number of nitrogens with zero attached hydrogens (tertiary/aromatic N) is 1. The molecular formula is C7H12N2. The summed E-state index contributed by atoms with van der Waals surface area (Å²) in [6.07, 6.45) is 3.39. The van der Waals surface area contributed by atoms with Gasteiger partial charge in [0.25, 0.3) is 0 Å². The van der Waals surface area contributed by atoms with E-state index in [1.807, 2.05) is 6.08 Å². The Labute approximate surface area is 56.2 Å². The summed E-state index contributed by atoms with van der Waals surface area (Å²) in [4.78, 5) is 0. The molecule has 0 aromatic heterocycles. The van der Waals surface area contributed by atoms with Gasteiger partial charge in [0.2, 0.25) is 0 Å². The second kappa shape index (κ2) is 7.19. The highest BCUT2D eigenvalue weighted by atomic mass is 14.8. The Kier molecular flexibility index (Phi) is 6.54. The standard InChI is InChI=1S/C7H12N2/c1-2-6-9-7-4-3-5-8/h2,9H,1,3-4,6-7H2. The van der Waals surface area contributed by atoms with E-state index < -0.39 is 0 Å². The molecule has 0 rings (SSSR count). The fourth-order valence-electron chi connectivity index (χ4n) is 0.497. The average molecular weight is 124 g/mol. The lowest BCUT2D eigenvalue weighted by Gasteiger charge is -1.95. The minimum absolute atomic E-state index is 0.643. The molecule has 0 heterocycles. The Balaban J connectivity index is 2.76. The molecule has 0 atom stereocenters. The van der Waals surface area contributed by atoms with Crippen molar-refractivity contribution in [2.45, 2.75) is 12.8 Å². The zero-order valence-electron chi connectivity index (χ0n) is 5.56. The van der Waals surface area contributed by atoms with Gasteiger partial charge in [-0.25, -0.2) is 0 Å². The minimum atomic E-state index is 0.643. The molecule has 2 heteroatoms. The van der Waals surface area contributed by atoms with E-state index in [4.69, 9.17) is 5.26 Å². The van der Waals surface area contributed by atoms with Crippen LogP contribution in [0.4, 0.5) is 0 Å². The van der Waals surface area contributed by atoms with Crippen LogP contribution in [-0.4, -0.2) is 13.1 Å². The monoisotopic (exact) mass is 124 g/mol. The Morgan fingerprint density at radius 1 is 1.67 bits per heavy atom. The number of unbranched alkanes of at least 4 members (excludes halogenated alkanes) is 1. The zero-order valence-corrected chi connectivity index (χ0v) is 5.56. The number of nitrogens with one attached hydrogen (secondary N) is 1.